The number of aromatic nitrogens is 5. The van der Waals surface area contributed by atoms with Crippen molar-refractivity contribution in [3.8, 4) is 17.0 Å². The van der Waals surface area contributed by atoms with Gasteiger partial charge >= 0.3 is 0 Å². The van der Waals surface area contributed by atoms with Crippen molar-refractivity contribution in [2.24, 2.45) is 0 Å². The van der Waals surface area contributed by atoms with Crippen LogP contribution in [0.25, 0.3) is 22.0 Å². The number of benzene rings is 2. The Morgan fingerprint density at radius 3 is 2.61 bits per heavy atom. The maximum absolute atomic E-state index is 11.5. The summed E-state index contributed by atoms with van der Waals surface area (Å²) < 4.78 is 7.84. The highest BCUT2D eigenvalue weighted by molar-refractivity contribution is 5.86. The number of hydrogen-bond donors (Lipinski definition) is 6. The number of piperidine rings is 3. The first-order valence-electron chi connectivity index (χ1n) is 19.3. The molecule has 9 rings (SSSR count). The molecule has 2 unspecified atom stereocenters. The maximum Gasteiger partial charge on any atom is 0.237 e. The van der Waals surface area contributed by atoms with Crippen molar-refractivity contribution in [3.63, 3.8) is 0 Å². The zero-order valence-corrected chi connectivity index (χ0v) is 30.6. The number of hydrogen-bond acceptors (Lipinski definition) is 11. The lowest BCUT2D eigenvalue weighted by Gasteiger charge is -2.40. The number of pyridine rings is 1. The van der Waals surface area contributed by atoms with E-state index in [0.717, 1.165) is 90.2 Å². The number of ether oxygens (including phenoxy) is 1. The van der Waals surface area contributed by atoms with Crippen molar-refractivity contribution >= 4 is 45.5 Å². The van der Waals surface area contributed by atoms with Crippen LogP contribution in [-0.2, 0) is 4.79 Å². The van der Waals surface area contributed by atoms with Gasteiger partial charge in [-0.2, -0.15) is 5.10 Å². The van der Waals surface area contributed by atoms with Crippen molar-refractivity contribution in [3.05, 3.63) is 72.8 Å². The van der Waals surface area contributed by atoms with Crippen molar-refractivity contribution in [2.75, 3.05) is 60.2 Å². The predicted octanol–water partition coefficient (Wildman–Crippen LogP) is 3.64. The number of aliphatic hydroxyl groups excluding tert-OH is 1. The molecule has 0 bridgehead atoms. The Morgan fingerprint density at radius 2 is 1.80 bits per heavy atom. The van der Waals surface area contributed by atoms with E-state index >= 15 is 0 Å². The van der Waals surface area contributed by atoms with Gasteiger partial charge in [-0.1, -0.05) is 12.1 Å². The Kier molecular flexibility index (Phi) is 9.37. The van der Waals surface area contributed by atoms with Crippen LogP contribution in [0.1, 0.15) is 50.1 Å². The average molecular weight is 731 g/mol. The molecule has 0 radical (unpaired) electrons. The van der Waals surface area contributed by atoms with Crippen LogP contribution in [0, 0.1) is 6.92 Å². The van der Waals surface area contributed by atoms with Crippen molar-refractivity contribution in [1.82, 2.24) is 30.0 Å². The Morgan fingerprint density at radius 1 is 0.963 bits per heavy atom. The van der Waals surface area contributed by atoms with Gasteiger partial charge < -0.3 is 40.9 Å². The van der Waals surface area contributed by atoms with E-state index in [1.54, 1.807) is 4.90 Å². The van der Waals surface area contributed by atoms with Crippen LogP contribution in [0.3, 0.4) is 0 Å². The van der Waals surface area contributed by atoms with E-state index in [-0.39, 0.29) is 11.9 Å². The fourth-order valence-electron chi connectivity index (χ4n) is 8.60. The number of aliphatic hydroxyl groups is 1. The minimum absolute atomic E-state index is 0.0979. The number of fused-ring (bicyclic) bond motifs is 2. The Hall–Kier alpha value is -5.47. The summed E-state index contributed by atoms with van der Waals surface area (Å²) in [6, 6.07) is 15.6. The van der Waals surface area contributed by atoms with Gasteiger partial charge in [0.2, 0.25) is 17.7 Å². The number of carbonyl (C=O) groups excluding carboxylic acids is 1. The highest BCUT2D eigenvalue weighted by atomic mass is 16.5. The van der Waals surface area contributed by atoms with Crippen LogP contribution in [-0.4, -0.2) is 93.4 Å². The van der Waals surface area contributed by atoms with Gasteiger partial charge in [-0.05, 0) is 54.8 Å². The zero-order valence-electron chi connectivity index (χ0n) is 30.6. The van der Waals surface area contributed by atoms with E-state index < -0.39 is 6.23 Å². The third-order valence-corrected chi connectivity index (χ3v) is 11.7. The molecule has 7 heterocycles. The number of anilines is 5. The van der Waals surface area contributed by atoms with Crippen LogP contribution in [0.15, 0.2) is 67.3 Å². The summed E-state index contributed by atoms with van der Waals surface area (Å²) in [5, 5.41) is 28.7. The first kappa shape index (κ1) is 34.3. The summed E-state index contributed by atoms with van der Waals surface area (Å²) in [4.78, 5) is 29.7. The molecule has 3 fully saturated rings. The molecule has 14 nitrogen and oxygen atoms in total. The van der Waals surface area contributed by atoms with Gasteiger partial charge in [-0.3, -0.25) is 9.48 Å². The van der Waals surface area contributed by atoms with Gasteiger partial charge in [-0.25, -0.2) is 15.0 Å². The smallest absolute Gasteiger partial charge is 0.237 e. The third kappa shape index (κ3) is 7.10. The molecule has 0 aliphatic carbocycles. The largest absolute Gasteiger partial charge is 0.474 e. The second-order valence-electron chi connectivity index (χ2n) is 15.1. The first-order chi connectivity index (χ1) is 26.4. The number of carbonyl (C=O) groups is 1. The second-order valence-corrected chi connectivity index (χ2v) is 15.1. The van der Waals surface area contributed by atoms with Crippen LogP contribution in [0.4, 0.5) is 28.7 Å². The molecule has 5 aromatic rings. The Bertz CT molecular complexity index is 2120. The molecule has 0 saturated carbocycles. The summed E-state index contributed by atoms with van der Waals surface area (Å²) in [6.45, 7) is 7.92. The monoisotopic (exact) mass is 730 g/mol. The number of nitrogens with one attached hydrogen (secondary N) is 5. The normalized spacial score (nSPS) is 23.2. The van der Waals surface area contributed by atoms with E-state index in [9.17, 15) is 9.90 Å². The lowest BCUT2D eigenvalue weighted by molar-refractivity contribution is -0.931. The third-order valence-electron chi connectivity index (χ3n) is 11.7. The maximum atomic E-state index is 11.5. The SMILES string of the molecule is Cc1c(-c2ccc3cnc(Nc4cnn(C5CC[NH+](C6CCN(c7ccc(NC8CCC(=O)NC8O)cc7)CC6)CC5)c4)nc3c2)cnc2c1NCCO2. The first-order valence-corrected chi connectivity index (χ1v) is 19.3. The summed E-state index contributed by atoms with van der Waals surface area (Å²) in [7, 11) is 0. The fourth-order valence-corrected chi connectivity index (χ4v) is 8.60. The van der Waals surface area contributed by atoms with Gasteiger partial charge in [0.15, 0.2) is 0 Å². The van der Waals surface area contributed by atoms with Crippen LogP contribution in [0.5, 0.6) is 5.88 Å². The van der Waals surface area contributed by atoms with Gasteiger partial charge in [-0.15, -0.1) is 0 Å². The molecule has 4 aliphatic rings. The summed E-state index contributed by atoms with van der Waals surface area (Å²) >= 11 is 0. The van der Waals surface area contributed by atoms with Crippen molar-refractivity contribution < 1.29 is 19.5 Å². The molecule has 3 saturated heterocycles. The summed E-state index contributed by atoms with van der Waals surface area (Å²) in [5.74, 6) is 1.11. The predicted molar refractivity (Wildman–Crippen MR) is 208 cm³/mol. The quantitative estimate of drug-likeness (QED) is 0.139. The number of quaternary nitrogens is 1. The van der Waals surface area contributed by atoms with Crippen LogP contribution in [0.2, 0.25) is 0 Å². The van der Waals surface area contributed by atoms with E-state index in [0.29, 0.717) is 43.4 Å². The van der Waals surface area contributed by atoms with E-state index in [2.05, 4.69) is 96.4 Å². The molecular weight excluding hydrogens is 683 g/mol. The van der Waals surface area contributed by atoms with E-state index in [1.165, 1.54) is 18.5 Å². The minimum Gasteiger partial charge on any atom is -0.474 e. The standard InChI is InChI=1S/C40H47N11O3/c1-25-33(23-42-39-37(25)41-14-19-54-39)26-2-3-27-21-43-40(47-35(27)20-26)46-29-22-44-51(24-29)32-12-17-50(18-13-32)31-10-15-49(16-11-31)30-6-4-28(5-7-30)45-34-8-9-36(52)48-38(34)53/h2-7,20-24,31-32,34,38,41,45,53H,8-19H2,1H3,(H,48,52)(H,43,46,47)/p+1. The lowest BCUT2D eigenvalue weighted by atomic mass is 9.97. The summed E-state index contributed by atoms with van der Waals surface area (Å²) in [6.07, 6.45) is 12.5. The van der Waals surface area contributed by atoms with Gasteiger partial charge in [0.05, 0.1) is 48.6 Å². The Labute approximate surface area is 314 Å². The zero-order chi connectivity index (χ0) is 36.6. The molecule has 14 heteroatoms. The highest BCUT2D eigenvalue weighted by Crippen LogP contribution is 2.36. The molecule has 2 atom stereocenters. The van der Waals surface area contributed by atoms with Crippen LogP contribution < -0.4 is 35.8 Å². The second kappa shape index (κ2) is 14.7. The topological polar surface area (TPSA) is 159 Å². The summed E-state index contributed by atoms with van der Waals surface area (Å²) in [5.41, 5.74) is 8.11. The van der Waals surface area contributed by atoms with Crippen molar-refractivity contribution in [1.29, 1.82) is 0 Å². The fraction of sp³-hybridized carbons (Fsp3) is 0.425. The highest BCUT2D eigenvalue weighted by Gasteiger charge is 2.32. The lowest BCUT2D eigenvalue weighted by Crippen LogP contribution is -3.17. The van der Waals surface area contributed by atoms with E-state index in [4.69, 9.17) is 14.8 Å². The van der Waals surface area contributed by atoms with Crippen molar-refractivity contribution in [2.45, 2.75) is 69.8 Å². The van der Waals surface area contributed by atoms with Gasteiger partial charge in [0.25, 0.3) is 0 Å². The van der Waals surface area contributed by atoms with Crippen LogP contribution >= 0.6 is 0 Å². The molecule has 4 aliphatic heterocycles. The molecule has 6 N–H and O–H groups in total. The molecule has 280 valence electrons. The van der Waals surface area contributed by atoms with E-state index in [1.807, 2.05) is 18.6 Å². The molecular formula is C40H48N11O3+. The molecule has 2 aromatic carbocycles. The minimum atomic E-state index is -0.859. The Balaban J connectivity index is 0.766. The molecule has 3 aromatic heterocycles. The number of nitrogens with zero attached hydrogens (tertiary/aromatic N) is 6. The number of likely N-dealkylation sites (tertiary alicyclic amines) is 1. The molecule has 54 heavy (non-hydrogen) atoms. The molecule has 0 spiro atoms. The molecule has 1 amide bonds. The average Bonchev–Trinajstić information content (AvgIpc) is 3.68. The van der Waals surface area contributed by atoms with Gasteiger partial charge in [0.1, 0.15) is 18.5 Å². The van der Waals surface area contributed by atoms with Gasteiger partial charge in [0, 0.05) is 92.7 Å². The number of amides is 1. The number of rotatable bonds is 8.